The fourth-order valence-corrected chi connectivity index (χ4v) is 3.90. The highest BCUT2D eigenvalue weighted by Crippen LogP contribution is 2.34. The van der Waals surface area contributed by atoms with Crippen LogP contribution in [-0.4, -0.2) is 36.1 Å². The minimum atomic E-state index is -0.0826. The van der Waals surface area contributed by atoms with E-state index in [0.29, 0.717) is 12.3 Å². The molecule has 0 fully saturated rings. The van der Waals surface area contributed by atoms with Crippen molar-refractivity contribution in [2.45, 2.75) is 11.4 Å². The zero-order valence-corrected chi connectivity index (χ0v) is 15.6. The van der Waals surface area contributed by atoms with E-state index in [1.54, 1.807) is 16.8 Å². The topological polar surface area (TPSA) is 40.6 Å². The van der Waals surface area contributed by atoms with Gasteiger partial charge in [-0.1, -0.05) is 46.3 Å². The Kier molecular flexibility index (Phi) is 5.26. The third kappa shape index (κ3) is 3.65. The molecule has 2 amide bonds. The summed E-state index contributed by atoms with van der Waals surface area (Å²) in [6.45, 7) is 0.566. The number of thioether (sulfide) groups is 1. The van der Waals surface area contributed by atoms with Gasteiger partial charge in [-0.05, 0) is 23.8 Å². The fraction of sp³-hybridized carbons (Fsp3) is 0.222. The Morgan fingerprint density at radius 3 is 2.71 bits per heavy atom. The molecule has 0 aliphatic carbocycles. The number of carbonyl (C=O) groups is 2. The van der Waals surface area contributed by atoms with E-state index in [1.807, 2.05) is 48.5 Å². The van der Waals surface area contributed by atoms with Crippen LogP contribution in [0, 0.1) is 0 Å². The van der Waals surface area contributed by atoms with Gasteiger partial charge in [0.1, 0.15) is 6.54 Å². The lowest BCUT2D eigenvalue weighted by molar-refractivity contribution is -0.130. The molecule has 0 spiro atoms. The van der Waals surface area contributed by atoms with Crippen molar-refractivity contribution in [3.8, 4) is 0 Å². The maximum absolute atomic E-state index is 12.6. The molecule has 2 aromatic rings. The first-order chi connectivity index (χ1) is 11.6. The molecule has 4 nitrogen and oxygen atoms in total. The number of fused-ring (bicyclic) bond motifs is 1. The number of hydrogen-bond donors (Lipinski definition) is 0. The second kappa shape index (κ2) is 7.40. The first kappa shape index (κ1) is 17.0. The lowest BCUT2D eigenvalue weighted by Crippen LogP contribution is -2.43. The van der Waals surface area contributed by atoms with Crippen LogP contribution in [0.3, 0.4) is 0 Å². The minimum Gasteiger partial charge on any atom is -0.340 e. The summed E-state index contributed by atoms with van der Waals surface area (Å²) in [5.74, 6) is 0.264. The first-order valence-electron chi connectivity index (χ1n) is 7.56. The van der Waals surface area contributed by atoms with Crippen LogP contribution < -0.4 is 4.90 Å². The van der Waals surface area contributed by atoms with E-state index < -0.39 is 0 Å². The maximum atomic E-state index is 12.6. The maximum Gasteiger partial charge on any atom is 0.242 e. The molecular formula is C18H17BrN2O2S. The van der Waals surface area contributed by atoms with E-state index in [1.165, 1.54) is 11.8 Å². The highest BCUT2D eigenvalue weighted by Gasteiger charge is 2.27. The van der Waals surface area contributed by atoms with Gasteiger partial charge in [0.2, 0.25) is 11.8 Å². The van der Waals surface area contributed by atoms with Crippen LogP contribution in [0.25, 0.3) is 0 Å². The van der Waals surface area contributed by atoms with Gasteiger partial charge in [-0.3, -0.25) is 9.59 Å². The summed E-state index contributed by atoms with van der Waals surface area (Å²) in [6.07, 6.45) is 0. The summed E-state index contributed by atoms with van der Waals surface area (Å²) >= 11 is 5.02. The van der Waals surface area contributed by atoms with Crippen LogP contribution in [0.5, 0.6) is 0 Å². The van der Waals surface area contributed by atoms with Crippen molar-refractivity contribution in [1.82, 2.24) is 4.90 Å². The largest absolute Gasteiger partial charge is 0.340 e. The monoisotopic (exact) mass is 404 g/mol. The first-order valence-corrected chi connectivity index (χ1v) is 9.33. The summed E-state index contributed by atoms with van der Waals surface area (Å²) < 4.78 is 0.973. The van der Waals surface area contributed by atoms with Crippen molar-refractivity contribution in [3.05, 3.63) is 58.6 Å². The second-order valence-electron chi connectivity index (χ2n) is 5.58. The number of likely N-dealkylation sites (N-methyl/N-ethyl adjacent to an activating group) is 1. The molecule has 0 atom stereocenters. The van der Waals surface area contributed by atoms with Gasteiger partial charge in [0.05, 0.1) is 11.4 Å². The second-order valence-corrected chi connectivity index (χ2v) is 7.45. The molecule has 0 saturated heterocycles. The molecule has 0 N–H and O–H groups in total. The molecule has 1 aliphatic heterocycles. The quantitative estimate of drug-likeness (QED) is 0.781. The lowest BCUT2D eigenvalue weighted by Gasteiger charge is -2.30. The molecule has 6 heteroatoms. The van der Waals surface area contributed by atoms with Crippen LogP contribution in [0.15, 0.2) is 57.9 Å². The Labute approximate surface area is 154 Å². The van der Waals surface area contributed by atoms with Crippen molar-refractivity contribution in [1.29, 1.82) is 0 Å². The highest BCUT2D eigenvalue weighted by atomic mass is 79.9. The Bertz CT molecular complexity index is 781. The minimum absolute atomic E-state index is 0.0265. The number of carbonyl (C=O) groups excluding carboxylic acids is 2. The van der Waals surface area contributed by atoms with Gasteiger partial charge >= 0.3 is 0 Å². The summed E-state index contributed by atoms with van der Waals surface area (Å²) in [6, 6.07) is 15.5. The molecule has 24 heavy (non-hydrogen) atoms. The molecule has 0 unspecified atom stereocenters. The van der Waals surface area contributed by atoms with Crippen LogP contribution >= 0.6 is 27.7 Å². The molecule has 124 valence electrons. The normalized spacial score (nSPS) is 13.6. The molecule has 0 radical (unpaired) electrons. The van der Waals surface area contributed by atoms with Gasteiger partial charge in [0.15, 0.2) is 0 Å². The van der Waals surface area contributed by atoms with Crippen LogP contribution in [0.2, 0.25) is 0 Å². The van der Waals surface area contributed by atoms with Gasteiger partial charge in [0.25, 0.3) is 0 Å². The molecule has 0 aromatic heterocycles. The fourth-order valence-electron chi connectivity index (χ4n) is 2.55. The van der Waals surface area contributed by atoms with Crippen LogP contribution in [-0.2, 0) is 16.1 Å². The Morgan fingerprint density at radius 1 is 1.21 bits per heavy atom. The number of rotatable bonds is 4. The number of halogens is 1. The summed E-state index contributed by atoms with van der Waals surface area (Å²) in [7, 11) is 1.76. The lowest BCUT2D eigenvalue weighted by atomic mass is 10.2. The van der Waals surface area contributed by atoms with E-state index in [0.717, 1.165) is 20.6 Å². The summed E-state index contributed by atoms with van der Waals surface area (Å²) in [5.41, 5.74) is 1.86. The average molecular weight is 405 g/mol. The van der Waals surface area contributed by atoms with Gasteiger partial charge < -0.3 is 9.80 Å². The molecule has 1 heterocycles. The number of anilines is 1. The SMILES string of the molecule is CN(Cc1ccccc1Br)C(=O)CN1C(=O)CSc2ccccc21. The van der Waals surface area contributed by atoms with Crippen molar-refractivity contribution in [3.63, 3.8) is 0 Å². The van der Waals surface area contributed by atoms with Crippen molar-refractivity contribution >= 4 is 45.2 Å². The predicted molar refractivity (Wildman–Crippen MR) is 100 cm³/mol. The van der Waals surface area contributed by atoms with Crippen molar-refractivity contribution < 1.29 is 9.59 Å². The van der Waals surface area contributed by atoms with E-state index in [-0.39, 0.29) is 18.4 Å². The van der Waals surface area contributed by atoms with Gasteiger partial charge in [-0.25, -0.2) is 0 Å². The molecular weight excluding hydrogens is 388 g/mol. The van der Waals surface area contributed by atoms with Gasteiger partial charge in [-0.2, -0.15) is 0 Å². The van der Waals surface area contributed by atoms with E-state index in [2.05, 4.69) is 15.9 Å². The standard InChI is InChI=1S/C18H17BrN2O2S/c1-20(10-13-6-2-3-7-14(13)19)17(22)11-21-15-8-4-5-9-16(15)24-12-18(21)23/h2-9H,10-12H2,1H3. The summed E-state index contributed by atoms with van der Waals surface area (Å²) in [5, 5.41) is 0. The van der Waals surface area contributed by atoms with E-state index in [9.17, 15) is 9.59 Å². The molecule has 0 saturated carbocycles. The van der Waals surface area contributed by atoms with E-state index >= 15 is 0 Å². The number of benzene rings is 2. The number of amides is 2. The third-order valence-corrected chi connectivity index (χ3v) is 5.71. The smallest absolute Gasteiger partial charge is 0.242 e. The summed E-state index contributed by atoms with van der Waals surface area (Å²) in [4.78, 5) is 29.1. The number of para-hydroxylation sites is 1. The average Bonchev–Trinajstić information content (AvgIpc) is 2.59. The molecule has 0 bridgehead atoms. The molecule has 1 aliphatic rings. The highest BCUT2D eigenvalue weighted by molar-refractivity contribution is 9.10. The van der Waals surface area contributed by atoms with Crippen molar-refractivity contribution in [2.75, 3.05) is 24.2 Å². The zero-order valence-electron chi connectivity index (χ0n) is 13.2. The van der Waals surface area contributed by atoms with E-state index in [4.69, 9.17) is 0 Å². The number of hydrogen-bond acceptors (Lipinski definition) is 3. The third-order valence-electron chi connectivity index (χ3n) is 3.89. The Hall–Kier alpha value is -1.79. The van der Waals surface area contributed by atoms with Crippen LogP contribution in [0.4, 0.5) is 5.69 Å². The Morgan fingerprint density at radius 2 is 1.92 bits per heavy atom. The Balaban J connectivity index is 1.72. The van der Waals surface area contributed by atoms with Crippen LogP contribution in [0.1, 0.15) is 5.56 Å². The number of nitrogens with zero attached hydrogens (tertiary/aromatic N) is 2. The molecule has 3 rings (SSSR count). The van der Waals surface area contributed by atoms with Gasteiger partial charge in [0, 0.05) is 23.0 Å². The predicted octanol–water partition coefficient (Wildman–Crippen LogP) is 3.55. The molecule has 2 aromatic carbocycles. The van der Waals surface area contributed by atoms with Gasteiger partial charge in [-0.15, -0.1) is 11.8 Å². The zero-order chi connectivity index (χ0) is 17.1. The van der Waals surface area contributed by atoms with Crippen molar-refractivity contribution in [2.24, 2.45) is 0 Å².